The normalized spacial score (nSPS) is 17.4. The van der Waals surface area contributed by atoms with Crippen LogP contribution in [0.4, 0.5) is 8.78 Å². The number of rotatable bonds is 2. The van der Waals surface area contributed by atoms with Gasteiger partial charge in [-0.15, -0.1) is 0 Å². The van der Waals surface area contributed by atoms with E-state index in [0.29, 0.717) is 32.5 Å². The molecule has 28 heavy (non-hydrogen) atoms. The van der Waals surface area contributed by atoms with Crippen molar-refractivity contribution in [1.82, 2.24) is 9.80 Å². The van der Waals surface area contributed by atoms with E-state index < -0.39 is 17.5 Å². The average Bonchev–Trinajstić information content (AvgIpc) is 2.72. The topological polar surface area (TPSA) is 40.6 Å². The Balaban J connectivity index is 1.36. The Morgan fingerprint density at radius 2 is 1.61 bits per heavy atom. The second-order valence-corrected chi connectivity index (χ2v) is 7.47. The van der Waals surface area contributed by atoms with Crippen molar-refractivity contribution in [2.75, 3.05) is 19.6 Å². The molecule has 2 heterocycles. The van der Waals surface area contributed by atoms with Gasteiger partial charge in [-0.3, -0.25) is 9.59 Å². The predicted molar refractivity (Wildman–Crippen MR) is 101 cm³/mol. The molecular weight excluding hydrogens is 362 g/mol. The van der Waals surface area contributed by atoms with E-state index in [0.717, 1.165) is 25.1 Å². The van der Waals surface area contributed by atoms with E-state index in [1.807, 2.05) is 17.0 Å². The van der Waals surface area contributed by atoms with Crippen molar-refractivity contribution in [1.29, 1.82) is 0 Å². The van der Waals surface area contributed by atoms with Gasteiger partial charge < -0.3 is 9.80 Å². The van der Waals surface area contributed by atoms with Crippen LogP contribution in [0.5, 0.6) is 0 Å². The quantitative estimate of drug-likeness (QED) is 0.796. The summed E-state index contributed by atoms with van der Waals surface area (Å²) in [5, 5.41) is 0. The monoisotopic (exact) mass is 384 g/mol. The highest BCUT2D eigenvalue weighted by molar-refractivity contribution is 5.94. The van der Waals surface area contributed by atoms with E-state index >= 15 is 0 Å². The van der Waals surface area contributed by atoms with E-state index in [-0.39, 0.29) is 17.4 Å². The van der Waals surface area contributed by atoms with Crippen LogP contribution in [0, 0.1) is 17.6 Å². The van der Waals surface area contributed by atoms with Crippen LogP contribution in [-0.2, 0) is 17.8 Å². The zero-order chi connectivity index (χ0) is 19.7. The summed E-state index contributed by atoms with van der Waals surface area (Å²) in [6.45, 7) is 2.15. The summed E-state index contributed by atoms with van der Waals surface area (Å²) in [5.41, 5.74) is 2.37. The van der Waals surface area contributed by atoms with Gasteiger partial charge in [-0.1, -0.05) is 24.3 Å². The number of likely N-dealkylation sites (tertiary alicyclic amines) is 1. The first kappa shape index (κ1) is 18.6. The molecule has 0 atom stereocenters. The molecule has 6 heteroatoms. The summed E-state index contributed by atoms with van der Waals surface area (Å²) in [5.74, 6) is -1.99. The van der Waals surface area contributed by atoms with Gasteiger partial charge in [-0.2, -0.15) is 0 Å². The maximum absolute atomic E-state index is 13.9. The molecule has 0 spiro atoms. The number of carbonyl (C=O) groups is 2. The van der Waals surface area contributed by atoms with E-state index in [4.69, 9.17) is 0 Å². The summed E-state index contributed by atoms with van der Waals surface area (Å²) in [4.78, 5) is 28.9. The fourth-order valence-electron chi connectivity index (χ4n) is 4.10. The highest BCUT2D eigenvalue weighted by Crippen LogP contribution is 2.25. The molecule has 0 N–H and O–H groups in total. The zero-order valence-corrected chi connectivity index (χ0v) is 15.5. The van der Waals surface area contributed by atoms with Gasteiger partial charge in [0.1, 0.15) is 11.6 Å². The van der Waals surface area contributed by atoms with Crippen LogP contribution in [0.3, 0.4) is 0 Å². The van der Waals surface area contributed by atoms with Crippen molar-refractivity contribution in [3.05, 3.63) is 70.8 Å². The Hall–Kier alpha value is -2.76. The molecule has 0 saturated carbocycles. The Morgan fingerprint density at radius 3 is 2.32 bits per heavy atom. The molecule has 2 aliphatic rings. The standard InChI is InChI=1S/C22H22F2N2O2/c23-18-5-6-19(20(24)13-18)22(28)25-10-8-16(9-11-25)21(27)26-12-7-15-3-1-2-4-17(15)14-26/h1-6,13,16H,7-12,14H2. The number of hydrogen-bond donors (Lipinski definition) is 0. The van der Waals surface area contributed by atoms with Crippen molar-refractivity contribution in [3.8, 4) is 0 Å². The number of benzene rings is 2. The van der Waals surface area contributed by atoms with E-state index in [1.54, 1.807) is 4.90 Å². The number of halogens is 2. The van der Waals surface area contributed by atoms with Gasteiger partial charge in [0, 0.05) is 38.2 Å². The van der Waals surface area contributed by atoms with Crippen LogP contribution in [0.1, 0.15) is 34.3 Å². The third-order valence-electron chi connectivity index (χ3n) is 5.74. The number of fused-ring (bicyclic) bond motifs is 1. The third kappa shape index (κ3) is 3.63. The lowest BCUT2D eigenvalue weighted by Crippen LogP contribution is -2.45. The van der Waals surface area contributed by atoms with Gasteiger partial charge in [-0.25, -0.2) is 8.78 Å². The molecule has 1 fully saturated rings. The zero-order valence-electron chi connectivity index (χ0n) is 15.5. The Kier molecular flexibility index (Phi) is 5.11. The van der Waals surface area contributed by atoms with Crippen LogP contribution in [0.25, 0.3) is 0 Å². The highest BCUT2D eigenvalue weighted by atomic mass is 19.1. The van der Waals surface area contributed by atoms with Crippen LogP contribution in [-0.4, -0.2) is 41.2 Å². The van der Waals surface area contributed by atoms with Crippen molar-refractivity contribution in [2.24, 2.45) is 5.92 Å². The fraction of sp³-hybridized carbons (Fsp3) is 0.364. The summed E-state index contributed by atoms with van der Waals surface area (Å²) >= 11 is 0. The third-order valence-corrected chi connectivity index (χ3v) is 5.74. The first-order valence-electron chi connectivity index (χ1n) is 9.63. The Labute approximate surface area is 162 Å². The molecule has 1 saturated heterocycles. The van der Waals surface area contributed by atoms with E-state index in [1.165, 1.54) is 17.2 Å². The second-order valence-electron chi connectivity index (χ2n) is 7.47. The van der Waals surface area contributed by atoms with Gasteiger partial charge in [0.15, 0.2) is 0 Å². The molecule has 146 valence electrons. The molecule has 2 aliphatic heterocycles. The lowest BCUT2D eigenvalue weighted by atomic mass is 9.92. The molecule has 0 unspecified atom stereocenters. The highest BCUT2D eigenvalue weighted by Gasteiger charge is 2.32. The molecule has 2 aromatic carbocycles. The molecular formula is C22H22F2N2O2. The number of carbonyl (C=O) groups excluding carboxylic acids is 2. The van der Waals surface area contributed by atoms with Crippen molar-refractivity contribution in [3.63, 3.8) is 0 Å². The van der Waals surface area contributed by atoms with Gasteiger partial charge in [0.05, 0.1) is 5.56 Å². The van der Waals surface area contributed by atoms with Gasteiger partial charge in [0.25, 0.3) is 5.91 Å². The maximum Gasteiger partial charge on any atom is 0.256 e. The maximum atomic E-state index is 13.9. The lowest BCUT2D eigenvalue weighted by Gasteiger charge is -2.36. The Bertz CT molecular complexity index is 907. The second kappa shape index (κ2) is 7.70. The van der Waals surface area contributed by atoms with Gasteiger partial charge in [-0.05, 0) is 42.5 Å². The summed E-state index contributed by atoms with van der Waals surface area (Å²) in [6, 6.07) is 11.2. The Morgan fingerprint density at radius 1 is 0.893 bits per heavy atom. The first-order chi connectivity index (χ1) is 13.5. The van der Waals surface area contributed by atoms with Crippen LogP contribution >= 0.6 is 0 Å². The molecule has 0 radical (unpaired) electrons. The molecule has 2 amide bonds. The minimum Gasteiger partial charge on any atom is -0.339 e. The van der Waals surface area contributed by atoms with E-state index in [2.05, 4.69) is 12.1 Å². The number of hydrogen-bond acceptors (Lipinski definition) is 2. The molecule has 0 aliphatic carbocycles. The van der Waals surface area contributed by atoms with Gasteiger partial charge in [0.2, 0.25) is 5.91 Å². The largest absolute Gasteiger partial charge is 0.339 e. The van der Waals surface area contributed by atoms with Crippen molar-refractivity contribution >= 4 is 11.8 Å². The summed E-state index contributed by atoms with van der Waals surface area (Å²) < 4.78 is 26.9. The summed E-state index contributed by atoms with van der Waals surface area (Å²) in [6.07, 6.45) is 1.99. The average molecular weight is 384 g/mol. The molecule has 2 aromatic rings. The molecule has 4 nitrogen and oxygen atoms in total. The number of nitrogens with zero attached hydrogens (tertiary/aromatic N) is 2. The fourth-order valence-corrected chi connectivity index (χ4v) is 4.10. The first-order valence-corrected chi connectivity index (χ1v) is 9.63. The predicted octanol–water partition coefficient (Wildman–Crippen LogP) is 3.40. The molecule has 0 bridgehead atoms. The summed E-state index contributed by atoms with van der Waals surface area (Å²) in [7, 11) is 0. The van der Waals surface area contributed by atoms with Crippen LogP contribution in [0.2, 0.25) is 0 Å². The minimum absolute atomic E-state index is 0.118. The number of piperidine rings is 1. The number of amides is 2. The minimum atomic E-state index is -0.852. The van der Waals surface area contributed by atoms with Crippen LogP contribution < -0.4 is 0 Å². The van der Waals surface area contributed by atoms with Gasteiger partial charge >= 0.3 is 0 Å². The molecule has 0 aromatic heterocycles. The van der Waals surface area contributed by atoms with Crippen molar-refractivity contribution in [2.45, 2.75) is 25.8 Å². The molecule has 4 rings (SSSR count). The smallest absolute Gasteiger partial charge is 0.256 e. The lowest BCUT2D eigenvalue weighted by molar-refractivity contribution is -0.137. The van der Waals surface area contributed by atoms with Crippen LogP contribution in [0.15, 0.2) is 42.5 Å². The SMILES string of the molecule is O=C(c1ccc(F)cc1F)N1CCC(C(=O)N2CCc3ccccc3C2)CC1. The van der Waals surface area contributed by atoms with Crippen molar-refractivity contribution < 1.29 is 18.4 Å². The van der Waals surface area contributed by atoms with E-state index in [9.17, 15) is 18.4 Å².